The lowest BCUT2D eigenvalue weighted by atomic mass is 10.1. The largest absolute Gasteiger partial charge is 0.374 e. The van der Waals surface area contributed by atoms with Gasteiger partial charge >= 0.3 is 0 Å². The highest BCUT2D eigenvalue weighted by Gasteiger charge is 2.09. The monoisotopic (exact) mass is 442 g/mol. The third kappa shape index (κ3) is 7.46. The molecular weight excluding hydrogens is 404 g/mol. The highest BCUT2D eigenvalue weighted by Crippen LogP contribution is 2.27. The van der Waals surface area contributed by atoms with Gasteiger partial charge < -0.3 is 9.80 Å². The second-order valence-electron chi connectivity index (χ2n) is 8.33. The lowest BCUT2D eigenvalue weighted by molar-refractivity contribution is 0.706. The molecule has 0 saturated carbocycles. The maximum absolute atomic E-state index is 2.47. The van der Waals surface area contributed by atoms with Crippen molar-refractivity contribution >= 4 is 34.9 Å². The lowest BCUT2D eigenvalue weighted by Gasteiger charge is -2.23. The first kappa shape index (κ1) is 23.4. The maximum Gasteiger partial charge on any atom is 0.0404 e. The minimum absolute atomic E-state index is 1.13. The number of fused-ring (bicyclic) bond motifs is 2. The smallest absolute Gasteiger partial charge is 0.0404 e. The van der Waals surface area contributed by atoms with Crippen LogP contribution in [-0.2, 0) is 11.5 Å². The molecule has 0 amide bonds. The van der Waals surface area contributed by atoms with Crippen LogP contribution in [0.3, 0.4) is 0 Å². The van der Waals surface area contributed by atoms with Gasteiger partial charge in [0.15, 0.2) is 0 Å². The van der Waals surface area contributed by atoms with E-state index in [-0.39, 0.29) is 0 Å². The summed E-state index contributed by atoms with van der Waals surface area (Å²) in [7, 11) is 4.52. The highest BCUT2D eigenvalue weighted by atomic mass is 32.2. The van der Waals surface area contributed by atoms with Crippen molar-refractivity contribution < 1.29 is 0 Å². The minimum Gasteiger partial charge on any atom is -0.374 e. The quantitative estimate of drug-likeness (QED) is 0.430. The second kappa shape index (κ2) is 13.2. The molecular formula is C26H38N2S2. The molecule has 1 aliphatic rings. The third-order valence-electron chi connectivity index (χ3n) is 5.89. The van der Waals surface area contributed by atoms with Crippen LogP contribution in [0.5, 0.6) is 0 Å². The molecule has 1 heterocycles. The zero-order valence-electron chi connectivity index (χ0n) is 18.8. The number of hydrogen-bond acceptors (Lipinski definition) is 4. The molecule has 164 valence electrons. The molecule has 0 saturated heterocycles. The Labute approximate surface area is 192 Å². The lowest BCUT2D eigenvalue weighted by Crippen LogP contribution is -2.20. The first-order valence-corrected chi connectivity index (χ1v) is 13.8. The summed E-state index contributed by atoms with van der Waals surface area (Å²) in [5.74, 6) is 4.78. The molecule has 0 aliphatic carbocycles. The number of thioether (sulfide) groups is 2. The Kier molecular flexibility index (Phi) is 10.3. The van der Waals surface area contributed by atoms with Crippen molar-refractivity contribution in [3.05, 3.63) is 59.7 Å². The topological polar surface area (TPSA) is 6.48 Å². The van der Waals surface area contributed by atoms with Gasteiger partial charge in [-0.15, -0.1) is 0 Å². The van der Waals surface area contributed by atoms with Crippen LogP contribution in [0.1, 0.15) is 49.7 Å². The molecule has 0 unspecified atom stereocenters. The fourth-order valence-electron chi connectivity index (χ4n) is 4.08. The molecule has 2 nitrogen and oxygen atoms in total. The molecule has 2 aromatic carbocycles. The molecule has 0 atom stereocenters. The van der Waals surface area contributed by atoms with Crippen molar-refractivity contribution in [2.45, 2.75) is 50.0 Å². The van der Waals surface area contributed by atoms with Gasteiger partial charge in [-0.25, -0.2) is 0 Å². The average Bonchev–Trinajstić information content (AvgIpc) is 2.77. The zero-order chi connectivity index (χ0) is 21.0. The molecule has 0 aromatic heterocycles. The number of anilines is 2. The third-order valence-corrected chi connectivity index (χ3v) is 8.07. The van der Waals surface area contributed by atoms with Crippen molar-refractivity contribution in [2.75, 3.05) is 48.5 Å². The van der Waals surface area contributed by atoms with Crippen LogP contribution < -0.4 is 9.80 Å². The van der Waals surface area contributed by atoms with E-state index in [2.05, 4.69) is 95.9 Å². The predicted molar refractivity (Wildman–Crippen MR) is 139 cm³/mol. The van der Waals surface area contributed by atoms with E-state index in [1.807, 2.05) is 0 Å². The molecule has 0 bridgehead atoms. The molecule has 1 aliphatic heterocycles. The van der Waals surface area contributed by atoms with E-state index in [0.29, 0.717) is 0 Å². The molecule has 2 aromatic rings. The number of nitrogens with zero attached hydrogens (tertiary/aromatic N) is 2. The van der Waals surface area contributed by atoms with E-state index in [4.69, 9.17) is 0 Å². The summed E-state index contributed by atoms with van der Waals surface area (Å²) in [5, 5.41) is 0. The van der Waals surface area contributed by atoms with Gasteiger partial charge in [0.05, 0.1) is 0 Å². The first-order chi connectivity index (χ1) is 14.8. The summed E-state index contributed by atoms with van der Waals surface area (Å²) in [6.45, 7) is 2.31. The molecule has 3 rings (SSSR count). The normalized spacial score (nSPS) is 18.3. The van der Waals surface area contributed by atoms with Gasteiger partial charge in [0.25, 0.3) is 0 Å². The van der Waals surface area contributed by atoms with E-state index < -0.39 is 0 Å². The van der Waals surface area contributed by atoms with Crippen molar-refractivity contribution in [1.82, 2.24) is 0 Å². The van der Waals surface area contributed by atoms with Crippen molar-refractivity contribution in [3.63, 3.8) is 0 Å². The number of para-hydroxylation sites is 2. The first-order valence-electron chi connectivity index (χ1n) is 11.5. The predicted octanol–water partition coefficient (Wildman–Crippen LogP) is 7.08. The summed E-state index contributed by atoms with van der Waals surface area (Å²) in [6, 6.07) is 18.0. The summed E-state index contributed by atoms with van der Waals surface area (Å²) in [4.78, 5) is 4.93. The van der Waals surface area contributed by atoms with Gasteiger partial charge in [-0.05, 0) is 60.4 Å². The summed E-state index contributed by atoms with van der Waals surface area (Å²) in [5.41, 5.74) is 5.83. The fourth-order valence-corrected chi connectivity index (χ4v) is 6.11. The van der Waals surface area contributed by atoms with Crippen LogP contribution in [0.25, 0.3) is 0 Å². The van der Waals surface area contributed by atoms with Crippen molar-refractivity contribution in [2.24, 2.45) is 0 Å². The van der Waals surface area contributed by atoms with E-state index >= 15 is 0 Å². The molecule has 0 radical (unpaired) electrons. The highest BCUT2D eigenvalue weighted by molar-refractivity contribution is 7.98. The minimum atomic E-state index is 1.13. The molecule has 0 fully saturated rings. The van der Waals surface area contributed by atoms with Crippen LogP contribution in [0.4, 0.5) is 11.4 Å². The summed E-state index contributed by atoms with van der Waals surface area (Å²) in [6.07, 6.45) is 7.81. The van der Waals surface area contributed by atoms with E-state index in [9.17, 15) is 0 Å². The molecule has 0 spiro atoms. The molecule has 0 N–H and O–H groups in total. The van der Waals surface area contributed by atoms with E-state index in [1.54, 1.807) is 0 Å². The fraction of sp³-hybridized carbons (Fsp3) is 0.538. The Morgan fingerprint density at radius 3 is 1.47 bits per heavy atom. The molecule has 4 heteroatoms. The van der Waals surface area contributed by atoms with Crippen LogP contribution in [0, 0.1) is 0 Å². The van der Waals surface area contributed by atoms with Gasteiger partial charge in [0, 0.05) is 50.1 Å². The van der Waals surface area contributed by atoms with E-state index in [0.717, 1.165) is 24.6 Å². The van der Waals surface area contributed by atoms with Crippen molar-refractivity contribution in [3.8, 4) is 0 Å². The Hall–Kier alpha value is -1.26. The summed E-state index contributed by atoms with van der Waals surface area (Å²) >= 11 is 4.19. The number of benzene rings is 2. The Bertz CT molecular complexity index is 686. The van der Waals surface area contributed by atoms with Gasteiger partial charge in [0.1, 0.15) is 0 Å². The zero-order valence-corrected chi connectivity index (χ0v) is 20.4. The standard InChI is InChI=1S/C26H38N2S2/c1-27-17-9-3-11-19-30-22-24-14-6-8-16-26(24)28(2)18-10-4-12-20-29-21-23-13-5-7-15-25(23)27/h5-8,13-16H,3-4,9-12,17-22H2,1-2H3. The SMILES string of the molecule is CN1CCCCCSCc2ccccc2N(C)CCCCCSCc2ccccc21. The molecule has 30 heavy (non-hydrogen) atoms. The average molecular weight is 443 g/mol. The van der Waals surface area contributed by atoms with Crippen LogP contribution >= 0.6 is 23.5 Å². The van der Waals surface area contributed by atoms with E-state index in [1.165, 1.54) is 72.5 Å². The van der Waals surface area contributed by atoms with Crippen LogP contribution in [0.15, 0.2) is 48.5 Å². The maximum atomic E-state index is 2.47. The Morgan fingerprint density at radius 1 is 0.567 bits per heavy atom. The van der Waals surface area contributed by atoms with Gasteiger partial charge in [-0.1, -0.05) is 49.2 Å². The summed E-state index contributed by atoms with van der Waals surface area (Å²) < 4.78 is 0. The number of hydrogen-bond donors (Lipinski definition) is 0. The Balaban J connectivity index is 1.59. The number of rotatable bonds is 0. The van der Waals surface area contributed by atoms with Gasteiger partial charge in [-0.3, -0.25) is 0 Å². The van der Waals surface area contributed by atoms with Crippen molar-refractivity contribution in [1.29, 1.82) is 0 Å². The van der Waals surface area contributed by atoms with Crippen LogP contribution in [0.2, 0.25) is 0 Å². The van der Waals surface area contributed by atoms with Gasteiger partial charge in [-0.2, -0.15) is 23.5 Å². The van der Waals surface area contributed by atoms with Gasteiger partial charge in [0.2, 0.25) is 0 Å². The second-order valence-corrected chi connectivity index (χ2v) is 10.5. The van der Waals surface area contributed by atoms with Crippen LogP contribution in [-0.4, -0.2) is 38.7 Å². The Morgan fingerprint density at radius 2 is 1.00 bits per heavy atom.